The highest BCUT2D eigenvalue weighted by Crippen LogP contribution is 2.46. The van der Waals surface area contributed by atoms with Crippen LogP contribution >= 0.6 is 11.3 Å². The topological polar surface area (TPSA) is 76.7 Å². The third-order valence-corrected chi connectivity index (χ3v) is 4.56. The lowest BCUT2D eigenvalue weighted by atomic mass is 9.64. The molecule has 0 amide bonds. The predicted octanol–water partition coefficient (Wildman–Crippen LogP) is 2.37. The molecular formula is C13H12O5S. The minimum Gasteiger partial charge on any atom is -0.493 e. The van der Waals surface area contributed by atoms with Gasteiger partial charge in [-0.15, -0.1) is 0 Å². The van der Waals surface area contributed by atoms with E-state index < -0.39 is 16.3 Å². The summed E-state index contributed by atoms with van der Waals surface area (Å²) in [6.45, 7) is 0. The minimum atomic E-state index is -0.839. The van der Waals surface area contributed by atoms with Crippen LogP contribution in [-0.2, 0) is 10.2 Å². The van der Waals surface area contributed by atoms with Gasteiger partial charge in [-0.3, -0.25) is 4.79 Å². The van der Waals surface area contributed by atoms with Crippen LogP contribution < -0.4 is 9.68 Å². The van der Waals surface area contributed by atoms with Gasteiger partial charge in [-0.25, -0.2) is 4.79 Å². The molecule has 100 valence electrons. The molecule has 1 aliphatic rings. The van der Waals surface area contributed by atoms with Crippen molar-refractivity contribution in [3.05, 3.63) is 27.4 Å². The van der Waals surface area contributed by atoms with Crippen molar-refractivity contribution in [1.82, 2.24) is 0 Å². The van der Waals surface area contributed by atoms with Crippen molar-refractivity contribution in [1.29, 1.82) is 0 Å². The monoisotopic (exact) mass is 280 g/mol. The summed E-state index contributed by atoms with van der Waals surface area (Å²) >= 11 is 0.963. The number of benzene rings is 1. The highest BCUT2D eigenvalue weighted by Gasteiger charge is 2.46. The predicted molar refractivity (Wildman–Crippen MR) is 70.1 cm³/mol. The molecule has 0 unspecified atom stereocenters. The molecule has 1 fully saturated rings. The van der Waals surface area contributed by atoms with Crippen molar-refractivity contribution < 1.29 is 19.1 Å². The Morgan fingerprint density at radius 1 is 1.47 bits per heavy atom. The minimum absolute atomic E-state index is 0.390. The molecule has 1 aromatic carbocycles. The van der Waals surface area contributed by atoms with E-state index in [4.69, 9.17) is 9.15 Å². The van der Waals surface area contributed by atoms with E-state index >= 15 is 0 Å². The number of fused-ring (bicyclic) bond motifs is 1. The van der Waals surface area contributed by atoms with Crippen molar-refractivity contribution >= 4 is 27.6 Å². The summed E-state index contributed by atoms with van der Waals surface area (Å²) in [6.07, 6.45) is 2.13. The molecule has 1 saturated carbocycles. The number of hydrogen-bond acceptors (Lipinski definition) is 5. The van der Waals surface area contributed by atoms with E-state index in [-0.39, 0.29) is 0 Å². The molecule has 0 radical (unpaired) electrons. The van der Waals surface area contributed by atoms with Crippen molar-refractivity contribution in [2.45, 2.75) is 24.7 Å². The average molecular weight is 280 g/mol. The number of ether oxygens (including phenoxy) is 1. The Balaban J connectivity index is 2.25. The summed E-state index contributed by atoms with van der Waals surface area (Å²) in [5.41, 5.74) is 0.239. The zero-order chi connectivity index (χ0) is 13.6. The van der Waals surface area contributed by atoms with E-state index in [9.17, 15) is 14.7 Å². The number of carboxylic acid groups (broad SMARTS) is 1. The second-order valence-electron chi connectivity index (χ2n) is 4.70. The molecule has 2 aromatic rings. The van der Waals surface area contributed by atoms with Gasteiger partial charge in [0.1, 0.15) is 0 Å². The molecule has 19 heavy (non-hydrogen) atoms. The lowest BCUT2D eigenvalue weighted by Gasteiger charge is -2.38. The Bertz CT molecular complexity index is 707. The standard InChI is InChI=1S/C13H12O5S/c1-17-8-5-7(13(11(14)15)3-2-4-13)6-9-10(8)18-12(16)19-9/h5-6H,2-4H2,1H3,(H,14,15). The highest BCUT2D eigenvalue weighted by atomic mass is 32.1. The van der Waals surface area contributed by atoms with Gasteiger partial charge in [0.05, 0.1) is 17.2 Å². The van der Waals surface area contributed by atoms with E-state index in [1.807, 2.05) is 0 Å². The second kappa shape index (κ2) is 4.09. The van der Waals surface area contributed by atoms with Crippen LogP contribution in [0.5, 0.6) is 5.75 Å². The van der Waals surface area contributed by atoms with E-state index in [0.29, 0.717) is 34.4 Å². The van der Waals surface area contributed by atoms with Gasteiger partial charge >= 0.3 is 10.9 Å². The van der Waals surface area contributed by atoms with E-state index in [1.165, 1.54) is 7.11 Å². The van der Waals surface area contributed by atoms with Gasteiger partial charge in [0.15, 0.2) is 11.3 Å². The summed E-state index contributed by atoms with van der Waals surface area (Å²) < 4.78 is 10.9. The molecule has 1 aliphatic carbocycles. The number of methoxy groups -OCH3 is 1. The molecule has 0 saturated heterocycles. The fraction of sp³-hybridized carbons (Fsp3) is 0.385. The lowest BCUT2D eigenvalue weighted by molar-refractivity contribution is -0.147. The summed E-state index contributed by atoms with van der Waals surface area (Å²) in [6, 6.07) is 3.41. The van der Waals surface area contributed by atoms with Gasteiger partial charge in [0, 0.05) is 0 Å². The Hall–Kier alpha value is -1.82. The van der Waals surface area contributed by atoms with Crippen LogP contribution in [0.2, 0.25) is 0 Å². The van der Waals surface area contributed by atoms with Crippen molar-refractivity contribution in [3.8, 4) is 5.75 Å². The third-order valence-electron chi connectivity index (χ3n) is 3.79. The van der Waals surface area contributed by atoms with Crippen LogP contribution in [0.15, 0.2) is 21.3 Å². The first-order chi connectivity index (χ1) is 9.06. The van der Waals surface area contributed by atoms with Crippen LogP contribution in [-0.4, -0.2) is 18.2 Å². The maximum absolute atomic E-state index is 11.5. The summed E-state index contributed by atoms with van der Waals surface area (Å²) in [5, 5.41) is 9.46. The zero-order valence-electron chi connectivity index (χ0n) is 10.3. The maximum Gasteiger partial charge on any atom is 0.396 e. The molecule has 0 atom stereocenters. The molecular weight excluding hydrogens is 268 g/mol. The molecule has 0 bridgehead atoms. The quantitative estimate of drug-likeness (QED) is 0.934. The summed E-state index contributed by atoms with van der Waals surface area (Å²) in [5.74, 6) is -0.408. The number of hydrogen-bond donors (Lipinski definition) is 1. The smallest absolute Gasteiger partial charge is 0.396 e. The van der Waals surface area contributed by atoms with Gasteiger partial charge in [0.25, 0.3) is 0 Å². The average Bonchev–Trinajstić information content (AvgIpc) is 2.66. The first kappa shape index (κ1) is 12.2. The van der Waals surface area contributed by atoms with Gasteiger partial charge in [0.2, 0.25) is 0 Å². The second-order valence-corrected chi connectivity index (χ2v) is 5.68. The SMILES string of the molecule is COc1cc(C2(C(=O)O)CCC2)cc2sc(=O)oc12. The number of carboxylic acids is 1. The van der Waals surface area contributed by atoms with E-state index in [2.05, 4.69) is 0 Å². The molecule has 1 heterocycles. The van der Waals surface area contributed by atoms with Gasteiger partial charge in [-0.05, 0) is 30.5 Å². The normalized spacial score (nSPS) is 17.1. The molecule has 0 aliphatic heterocycles. The van der Waals surface area contributed by atoms with Crippen LogP contribution in [0.1, 0.15) is 24.8 Å². The molecule has 1 aromatic heterocycles. The Morgan fingerprint density at radius 3 is 2.74 bits per heavy atom. The summed E-state index contributed by atoms with van der Waals surface area (Å²) in [7, 11) is 1.48. The Morgan fingerprint density at radius 2 is 2.21 bits per heavy atom. The number of aliphatic carboxylic acids is 1. The molecule has 1 N–H and O–H groups in total. The van der Waals surface area contributed by atoms with Gasteiger partial charge in [-0.2, -0.15) is 0 Å². The van der Waals surface area contributed by atoms with E-state index in [1.54, 1.807) is 12.1 Å². The third kappa shape index (κ3) is 1.67. The largest absolute Gasteiger partial charge is 0.493 e. The first-order valence-electron chi connectivity index (χ1n) is 5.92. The maximum atomic E-state index is 11.5. The molecule has 0 spiro atoms. The number of rotatable bonds is 3. The Kier molecular flexibility index (Phi) is 2.63. The molecule has 3 rings (SSSR count). The fourth-order valence-corrected chi connectivity index (χ4v) is 3.26. The lowest BCUT2D eigenvalue weighted by Crippen LogP contribution is -2.42. The van der Waals surface area contributed by atoms with Crippen molar-refractivity contribution in [2.75, 3.05) is 7.11 Å². The van der Waals surface area contributed by atoms with Gasteiger partial charge < -0.3 is 14.3 Å². The van der Waals surface area contributed by atoms with Crippen LogP contribution in [0.4, 0.5) is 0 Å². The van der Waals surface area contributed by atoms with Crippen molar-refractivity contribution in [2.24, 2.45) is 0 Å². The fourth-order valence-electron chi connectivity index (χ4n) is 2.53. The zero-order valence-corrected chi connectivity index (χ0v) is 11.1. The van der Waals surface area contributed by atoms with Crippen LogP contribution in [0, 0.1) is 0 Å². The molecule has 5 nitrogen and oxygen atoms in total. The summed E-state index contributed by atoms with van der Waals surface area (Å²) in [4.78, 5) is 22.4. The van der Waals surface area contributed by atoms with Crippen molar-refractivity contribution in [3.63, 3.8) is 0 Å². The van der Waals surface area contributed by atoms with Crippen LogP contribution in [0.25, 0.3) is 10.3 Å². The number of carbonyl (C=O) groups is 1. The van der Waals surface area contributed by atoms with Crippen LogP contribution in [0.3, 0.4) is 0 Å². The first-order valence-corrected chi connectivity index (χ1v) is 6.74. The van der Waals surface area contributed by atoms with E-state index in [0.717, 1.165) is 17.8 Å². The highest BCUT2D eigenvalue weighted by molar-refractivity contribution is 7.16. The van der Waals surface area contributed by atoms with Gasteiger partial charge in [-0.1, -0.05) is 17.8 Å². The Labute approximate surface area is 112 Å². The molecule has 6 heteroatoms.